The van der Waals surface area contributed by atoms with Gasteiger partial charge in [-0.1, -0.05) is 17.7 Å². The molecule has 9 heteroatoms. The number of hydrogen-bond donors (Lipinski definition) is 1. The molecule has 0 aliphatic carbocycles. The van der Waals surface area contributed by atoms with Crippen LogP contribution in [0.4, 0.5) is 11.5 Å². The third-order valence-corrected chi connectivity index (χ3v) is 6.77. The van der Waals surface area contributed by atoms with Gasteiger partial charge in [-0.25, -0.2) is 8.42 Å². The van der Waals surface area contributed by atoms with Crippen LogP contribution in [0.3, 0.4) is 0 Å². The molecule has 3 rings (SSSR count). The fraction of sp³-hybridized carbons (Fsp3) is 0.273. The minimum absolute atomic E-state index is 0.0271. The highest BCUT2D eigenvalue weighted by Crippen LogP contribution is 2.28. The van der Waals surface area contributed by atoms with E-state index in [0.717, 1.165) is 5.56 Å². The Kier molecular flexibility index (Phi) is 6.65. The van der Waals surface area contributed by atoms with Crippen molar-refractivity contribution in [1.29, 1.82) is 0 Å². The van der Waals surface area contributed by atoms with E-state index >= 15 is 0 Å². The topological polar surface area (TPSA) is 93.5 Å². The maximum Gasteiger partial charge on any atom is 0.264 e. The molecule has 0 atom stereocenters. The van der Waals surface area contributed by atoms with Crippen LogP contribution in [0.15, 0.2) is 59.6 Å². The van der Waals surface area contributed by atoms with Crippen LogP contribution >= 0.6 is 0 Å². The molecule has 1 heterocycles. The summed E-state index contributed by atoms with van der Waals surface area (Å²) in [6.07, 6.45) is 1.68. The number of carbonyl (C=O) groups is 1. The number of hydrogen-bond acceptors (Lipinski definition) is 5. The molecule has 0 bridgehead atoms. The van der Waals surface area contributed by atoms with Crippen LogP contribution < -0.4 is 14.4 Å². The Balaban J connectivity index is 1.89. The summed E-state index contributed by atoms with van der Waals surface area (Å²) in [5.41, 5.74) is 2.07. The number of aromatic nitrogens is 2. The Hall–Kier alpha value is -3.33. The van der Waals surface area contributed by atoms with Gasteiger partial charge in [0.2, 0.25) is 5.91 Å². The van der Waals surface area contributed by atoms with Gasteiger partial charge >= 0.3 is 0 Å². The van der Waals surface area contributed by atoms with Crippen LogP contribution in [0.1, 0.15) is 17.5 Å². The fourth-order valence-electron chi connectivity index (χ4n) is 3.23. The molecule has 3 aromatic rings. The number of carbonyl (C=O) groups excluding carboxylic acids is 1. The lowest BCUT2D eigenvalue weighted by atomic mass is 10.2. The van der Waals surface area contributed by atoms with Gasteiger partial charge in [0.1, 0.15) is 5.75 Å². The SMILES string of the molecule is COc1ccc(N(CCC(=O)Nc2ccn(C)n2)S(=O)(=O)c2ccc(C)cc2C)cc1. The number of anilines is 2. The zero-order valence-corrected chi connectivity index (χ0v) is 18.8. The largest absolute Gasteiger partial charge is 0.497 e. The quantitative estimate of drug-likeness (QED) is 0.578. The molecule has 0 aliphatic rings. The van der Waals surface area contributed by atoms with E-state index in [4.69, 9.17) is 4.74 Å². The second-order valence-corrected chi connectivity index (χ2v) is 9.05. The van der Waals surface area contributed by atoms with E-state index in [1.807, 2.05) is 13.0 Å². The molecular formula is C22H26N4O4S. The lowest BCUT2D eigenvalue weighted by molar-refractivity contribution is -0.116. The number of ether oxygens (including phenoxy) is 1. The number of amides is 1. The van der Waals surface area contributed by atoms with E-state index in [1.165, 1.54) is 4.31 Å². The number of aryl methyl sites for hydroxylation is 3. The lowest BCUT2D eigenvalue weighted by Crippen LogP contribution is -2.34. The zero-order chi connectivity index (χ0) is 22.6. The van der Waals surface area contributed by atoms with Crippen LogP contribution in [-0.4, -0.2) is 37.8 Å². The maximum atomic E-state index is 13.5. The molecule has 31 heavy (non-hydrogen) atoms. The Labute approximate surface area is 182 Å². The molecule has 1 aromatic heterocycles. The summed E-state index contributed by atoms with van der Waals surface area (Å²) in [6.45, 7) is 3.65. The summed E-state index contributed by atoms with van der Waals surface area (Å²) in [5, 5.41) is 6.80. The average molecular weight is 443 g/mol. The van der Waals surface area contributed by atoms with Crippen molar-refractivity contribution in [2.24, 2.45) is 7.05 Å². The Morgan fingerprint density at radius 2 is 1.84 bits per heavy atom. The summed E-state index contributed by atoms with van der Waals surface area (Å²) < 4.78 is 35.1. The molecule has 0 fully saturated rings. The molecule has 1 amide bonds. The smallest absolute Gasteiger partial charge is 0.264 e. The number of benzene rings is 2. The van der Waals surface area contributed by atoms with E-state index in [2.05, 4.69) is 10.4 Å². The summed E-state index contributed by atoms with van der Waals surface area (Å²) in [7, 11) is -0.602. The van der Waals surface area contributed by atoms with Crippen LogP contribution in [0.25, 0.3) is 0 Å². The molecule has 1 N–H and O–H groups in total. The number of sulfonamides is 1. The summed E-state index contributed by atoms with van der Waals surface area (Å²) in [5.74, 6) is 0.703. The van der Waals surface area contributed by atoms with E-state index in [9.17, 15) is 13.2 Å². The van der Waals surface area contributed by atoms with Crippen LogP contribution in [0.2, 0.25) is 0 Å². The Morgan fingerprint density at radius 3 is 2.42 bits per heavy atom. The van der Waals surface area contributed by atoms with Gasteiger partial charge in [0, 0.05) is 32.3 Å². The van der Waals surface area contributed by atoms with Crippen molar-refractivity contribution in [1.82, 2.24) is 9.78 Å². The first-order chi connectivity index (χ1) is 14.7. The summed E-state index contributed by atoms with van der Waals surface area (Å²) >= 11 is 0. The molecule has 0 aliphatic heterocycles. The van der Waals surface area contributed by atoms with Crippen LogP contribution in [-0.2, 0) is 21.9 Å². The van der Waals surface area contributed by atoms with E-state index in [-0.39, 0.29) is 23.8 Å². The highest BCUT2D eigenvalue weighted by Gasteiger charge is 2.27. The first-order valence-corrected chi connectivity index (χ1v) is 11.2. The van der Waals surface area contributed by atoms with E-state index < -0.39 is 10.0 Å². The number of nitrogens with one attached hydrogen (secondary N) is 1. The molecule has 164 valence electrons. The van der Waals surface area contributed by atoms with Crippen molar-refractivity contribution in [3.63, 3.8) is 0 Å². The molecule has 0 spiro atoms. The molecule has 0 unspecified atom stereocenters. The van der Waals surface area contributed by atoms with Gasteiger partial charge in [-0.05, 0) is 49.7 Å². The molecule has 0 saturated carbocycles. The maximum absolute atomic E-state index is 13.5. The third-order valence-electron chi connectivity index (χ3n) is 4.78. The predicted molar refractivity (Wildman–Crippen MR) is 120 cm³/mol. The van der Waals surface area contributed by atoms with Gasteiger partial charge in [0.15, 0.2) is 5.82 Å². The van der Waals surface area contributed by atoms with Crippen molar-refractivity contribution >= 4 is 27.4 Å². The van der Waals surface area contributed by atoms with Gasteiger partial charge in [-0.3, -0.25) is 13.8 Å². The fourth-order valence-corrected chi connectivity index (χ4v) is 4.91. The monoisotopic (exact) mass is 442 g/mol. The van der Waals surface area contributed by atoms with Gasteiger partial charge in [-0.15, -0.1) is 0 Å². The third kappa shape index (κ3) is 5.24. The minimum Gasteiger partial charge on any atom is -0.497 e. The lowest BCUT2D eigenvalue weighted by Gasteiger charge is -2.25. The minimum atomic E-state index is -3.89. The molecule has 2 aromatic carbocycles. The van der Waals surface area contributed by atoms with Crippen molar-refractivity contribution in [3.05, 3.63) is 65.9 Å². The summed E-state index contributed by atoms with van der Waals surface area (Å²) in [4.78, 5) is 12.6. The normalized spacial score (nSPS) is 11.2. The average Bonchev–Trinajstić information content (AvgIpc) is 3.12. The van der Waals surface area contributed by atoms with Crippen LogP contribution in [0, 0.1) is 13.8 Å². The van der Waals surface area contributed by atoms with Crippen LogP contribution in [0.5, 0.6) is 5.75 Å². The number of rotatable bonds is 8. The van der Waals surface area contributed by atoms with Gasteiger partial charge < -0.3 is 10.1 Å². The zero-order valence-electron chi connectivity index (χ0n) is 18.0. The first kappa shape index (κ1) is 22.4. The number of nitrogens with zero attached hydrogens (tertiary/aromatic N) is 3. The standard InChI is InChI=1S/C22H26N4O4S/c1-16-5-10-20(17(2)15-16)31(28,29)26(18-6-8-19(30-4)9-7-18)14-12-22(27)23-21-11-13-25(3)24-21/h5-11,13,15H,12,14H2,1-4H3,(H,23,24,27). The molecular weight excluding hydrogens is 416 g/mol. The van der Waals surface area contributed by atoms with Gasteiger partial charge in [0.25, 0.3) is 10.0 Å². The molecule has 0 saturated heterocycles. The Morgan fingerprint density at radius 1 is 1.13 bits per heavy atom. The van der Waals surface area contributed by atoms with Crippen molar-refractivity contribution in [3.8, 4) is 5.75 Å². The van der Waals surface area contributed by atoms with E-state index in [0.29, 0.717) is 22.8 Å². The van der Waals surface area contributed by atoms with Gasteiger partial charge in [-0.2, -0.15) is 5.10 Å². The van der Waals surface area contributed by atoms with E-state index in [1.54, 1.807) is 74.4 Å². The van der Waals surface area contributed by atoms with Gasteiger partial charge in [0.05, 0.1) is 17.7 Å². The van der Waals surface area contributed by atoms with Crippen molar-refractivity contribution in [2.75, 3.05) is 23.3 Å². The van der Waals surface area contributed by atoms with Crippen molar-refractivity contribution < 1.29 is 17.9 Å². The molecule has 0 radical (unpaired) electrons. The van der Waals surface area contributed by atoms with Crippen molar-refractivity contribution in [2.45, 2.75) is 25.2 Å². The number of methoxy groups -OCH3 is 1. The summed E-state index contributed by atoms with van der Waals surface area (Å²) in [6, 6.07) is 13.6. The highest BCUT2D eigenvalue weighted by atomic mass is 32.2. The highest BCUT2D eigenvalue weighted by molar-refractivity contribution is 7.92. The predicted octanol–water partition coefficient (Wildman–Crippen LogP) is 3.27. The first-order valence-electron chi connectivity index (χ1n) is 9.74. The Bertz CT molecular complexity index is 1170. The second-order valence-electron chi connectivity index (χ2n) is 7.22. The molecule has 8 nitrogen and oxygen atoms in total. The second kappa shape index (κ2) is 9.22.